The first-order chi connectivity index (χ1) is 16.3. The van der Waals surface area contributed by atoms with Crippen molar-refractivity contribution < 1.29 is 22.7 Å². The zero-order valence-corrected chi connectivity index (χ0v) is 19.6. The smallest absolute Gasteiger partial charge is 0.322 e. The molecule has 0 aromatic heterocycles. The van der Waals surface area contributed by atoms with E-state index in [0.29, 0.717) is 12.1 Å². The zero-order valence-electron chi connectivity index (χ0n) is 18.8. The Labute approximate surface area is 198 Å². The van der Waals surface area contributed by atoms with Crippen LogP contribution in [0.5, 0.6) is 5.75 Å². The molecular formula is C25H25N3O5S. The summed E-state index contributed by atoms with van der Waals surface area (Å²) in [7, 11) is -2.61. The van der Waals surface area contributed by atoms with E-state index in [9.17, 15) is 18.0 Å². The van der Waals surface area contributed by atoms with Gasteiger partial charge in [0.2, 0.25) is 0 Å². The molecule has 1 aliphatic rings. The van der Waals surface area contributed by atoms with Gasteiger partial charge in [0.15, 0.2) is 0 Å². The SMILES string of the molecule is COc1ccc(S(=O)(=O)N(CCc2ccccc2)c2ccccc2)cc1[C@]1(C)NC(=O)NC1=O. The fourth-order valence-corrected chi connectivity index (χ4v) is 5.45. The lowest BCUT2D eigenvalue weighted by Gasteiger charge is -2.27. The average Bonchev–Trinajstić information content (AvgIpc) is 3.11. The van der Waals surface area contributed by atoms with Gasteiger partial charge < -0.3 is 10.1 Å². The second-order valence-electron chi connectivity index (χ2n) is 8.04. The summed E-state index contributed by atoms with van der Waals surface area (Å²) in [5.41, 5.74) is 0.298. The molecule has 176 valence electrons. The Morgan fingerprint density at radius 3 is 2.18 bits per heavy atom. The van der Waals surface area contributed by atoms with E-state index in [1.807, 2.05) is 36.4 Å². The molecule has 0 bridgehead atoms. The number of amides is 3. The van der Waals surface area contributed by atoms with E-state index < -0.39 is 27.5 Å². The summed E-state index contributed by atoms with van der Waals surface area (Å²) < 4.78 is 34.5. The number of carbonyl (C=O) groups is 2. The van der Waals surface area contributed by atoms with E-state index in [2.05, 4.69) is 10.6 Å². The molecule has 2 N–H and O–H groups in total. The molecule has 34 heavy (non-hydrogen) atoms. The maximum atomic E-state index is 13.9. The molecule has 0 spiro atoms. The van der Waals surface area contributed by atoms with Crippen molar-refractivity contribution >= 4 is 27.6 Å². The number of urea groups is 1. The summed E-state index contributed by atoms with van der Waals surface area (Å²) in [6, 6.07) is 22.1. The van der Waals surface area contributed by atoms with Gasteiger partial charge >= 0.3 is 6.03 Å². The number of carbonyl (C=O) groups excluding carboxylic acids is 2. The first kappa shape index (κ1) is 23.3. The van der Waals surface area contributed by atoms with Gasteiger partial charge in [0.05, 0.1) is 17.7 Å². The molecule has 0 unspecified atom stereocenters. The highest BCUT2D eigenvalue weighted by Crippen LogP contribution is 2.35. The number of sulfonamides is 1. The average molecular weight is 480 g/mol. The Hall–Kier alpha value is -3.85. The van der Waals surface area contributed by atoms with E-state index in [0.717, 1.165) is 5.56 Å². The van der Waals surface area contributed by atoms with Crippen LogP contribution in [0.15, 0.2) is 83.8 Å². The molecule has 0 aliphatic carbocycles. The molecule has 9 heteroatoms. The van der Waals surface area contributed by atoms with Crippen LogP contribution in [0.3, 0.4) is 0 Å². The van der Waals surface area contributed by atoms with Crippen molar-refractivity contribution in [3.05, 3.63) is 90.0 Å². The molecule has 3 aromatic carbocycles. The largest absolute Gasteiger partial charge is 0.496 e. The normalized spacial score (nSPS) is 17.7. The zero-order chi connectivity index (χ0) is 24.3. The molecule has 3 amide bonds. The first-order valence-electron chi connectivity index (χ1n) is 10.7. The lowest BCUT2D eigenvalue weighted by atomic mass is 9.91. The number of nitrogens with one attached hydrogen (secondary N) is 2. The molecule has 1 atom stereocenters. The van der Waals surface area contributed by atoms with Gasteiger partial charge in [0.25, 0.3) is 15.9 Å². The van der Waals surface area contributed by atoms with Gasteiger partial charge in [-0.15, -0.1) is 0 Å². The van der Waals surface area contributed by atoms with Crippen molar-refractivity contribution in [3.8, 4) is 5.75 Å². The van der Waals surface area contributed by atoms with Crippen LogP contribution < -0.4 is 19.7 Å². The molecule has 4 rings (SSSR count). The number of benzene rings is 3. The third-order valence-corrected chi connectivity index (χ3v) is 7.66. The summed E-state index contributed by atoms with van der Waals surface area (Å²) >= 11 is 0. The molecule has 1 heterocycles. The quantitative estimate of drug-likeness (QED) is 0.483. The molecular weight excluding hydrogens is 454 g/mol. The van der Waals surface area contributed by atoms with E-state index >= 15 is 0 Å². The molecule has 0 saturated carbocycles. The van der Waals surface area contributed by atoms with Crippen LogP contribution in [0.25, 0.3) is 0 Å². The van der Waals surface area contributed by atoms with Crippen LogP contribution in [0.1, 0.15) is 18.1 Å². The summed E-state index contributed by atoms with van der Waals surface area (Å²) in [5, 5.41) is 4.77. The molecule has 1 saturated heterocycles. The van der Waals surface area contributed by atoms with Crippen LogP contribution in [0, 0.1) is 0 Å². The van der Waals surface area contributed by atoms with Gasteiger partial charge in [0.1, 0.15) is 11.3 Å². The Morgan fingerprint density at radius 1 is 0.941 bits per heavy atom. The highest BCUT2D eigenvalue weighted by atomic mass is 32.2. The van der Waals surface area contributed by atoms with Gasteiger partial charge in [-0.25, -0.2) is 13.2 Å². The highest BCUT2D eigenvalue weighted by Gasteiger charge is 2.46. The Kier molecular flexibility index (Phi) is 6.30. The molecule has 0 radical (unpaired) electrons. The minimum Gasteiger partial charge on any atom is -0.496 e. The van der Waals surface area contributed by atoms with E-state index in [1.165, 1.54) is 36.5 Å². The maximum absolute atomic E-state index is 13.9. The number of nitrogens with zero attached hydrogens (tertiary/aromatic N) is 1. The van der Waals surface area contributed by atoms with Crippen molar-refractivity contribution in [1.82, 2.24) is 10.6 Å². The minimum absolute atomic E-state index is 0.0182. The number of para-hydroxylation sites is 1. The van der Waals surface area contributed by atoms with Crippen molar-refractivity contribution in [2.75, 3.05) is 18.0 Å². The number of hydrogen-bond acceptors (Lipinski definition) is 5. The number of methoxy groups -OCH3 is 1. The third kappa shape index (κ3) is 4.34. The maximum Gasteiger partial charge on any atom is 0.322 e. The summed E-state index contributed by atoms with van der Waals surface area (Å²) in [4.78, 5) is 24.3. The van der Waals surface area contributed by atoms with Gasteiger partial charge in [-0.3, -0.25) is 14.4 Å². The number of ether oxygens (including phenoxy) is 1. The van der Waals surface area contributed by atoms with Gasteiger partial charge in [-0.1, -0.05) is 48.5 Å². The monoisotopic (exact) mass is 479 g/mol. The summed E-state index contributed by atoms with van der Waals surface area (Å²) in [5.74, 6) is -0.302. The van der Waals surface area contributed by atoms with Gasteiger partial charge in [-0.2, -0.15) is 0 Å². The van der Waals surface area contributed by atoms with Gasteiger partial charge in [-0.05, 0) is 49.2 Å². The lowest BCUT2D eigenvalue weighted by molar-refractivity contribution is -0.123. The first-order valence-corrected chi connectivity index (χ1v) is 12.1. The minimum atomic E-state index is -4.03. The number of rotatable bonds is 8. The Morgan fingerprint density at radius 2 is 1.59 bits per heavy atom. The Balaban J connectivity index is 1.77. The van der Waals surface area contributed by atoms with Crippen LogP contribution in [0.2, 0.25) is 0 Å². The second kappa shape index (κ2) is 9.18. The van der Waals surface area contributed by atoms with Crippen molar-refractivity contribution in [1.29, 1.82) is 0 Å². The van der Waals surface area contributed by atoms with Crippen LogP contribution in [0.4, 0.5) is 10.5 Å². The van der Waals surface area contributed by atoms with E-state index in [4.69, 9.17) is 4.74 Å². The van der Waals surface area contributed by atoms with Crippen molar-refractivity contribution in [2.45, 2.75) is 23.8 Å². The Bertz CT molecular complexity index is 1310. The number of anilines is 1. The topological polar surface area (TPSA) is 105 Å². The van der Waals surface area contributed by atoms with Crippen LogP contribution in [-0.4, -0.2) is 34.0 Å². The standard InChI is InChI=1S/C25H25N3O5S/c1-25(23(29)26-24(30)27-25)21-17-20(13-14-22(21)33-2)34(31,32)28(19-11-7-4-8-12-19)16-15-18-9-5-3-6-10-18/h3-14,17H,15-16H2,1-2H3,(H2,26,27,29,30)/t25-/m0/s1. The fourth-order valence-electron chi connectivity index (χ4n) is 3.96. The van der Waals surface area contributed by atoms with Crippen LogP contribution >= 0.6 is 0 Å². The van der Waals surface area contributed by atoms with Crippen molar-refractivity contribution in [2.24, 2.45) is 0 Å². The van der Waals surface area contributed by atoms with E-state index in [-0.39, 0.29) is 22.8 Å². The predicted molar refractivity (Wildman–Crippen MR) is 128 cm³/mol. The van der Waals surface area contributed by atoms with Gasteiger partial charge in [0, 0.05) is 12.1 Å². The van der Waals surface area contributed by atoms with Crippen molar-refractivity contribution in [3.63, 3.8) is 0 Å². The van der Waals surface area contributed by atoms with Crippen LogP contribution in [-0.2, 0) is 26.8 Å². The number of hydrogen-bond donors (Lipinski definition) is 2. The third-order valence-electron chi connectivity index (χ3n) is 5.83. The lowest BCUT2D eigenvalue weighted by Crippen LogP contribution is -2.41. The molecule has 8 nitrogen and oxygen atoms in total. The second-order valence-corrected chi connectivity index (χ2v) is 9.91. The van der Waals surface area contributed by atoms with E-state index in [1.54, 1.807) is 24.3 Å². The summed E-state index contributed by atoms with van der Waals surface area (Å²) in [6.07, 6.45) is 0.508. The highest BCUT2D eigenvalue weighted by molar-refractivity contribution is 7.92. The predicted octanol–water partition coefficient (Wildman–Crippen LogP) is 3.19. The fraction of sp³-hybridized carbons (Fsp3) is 0.200. The molecule has 1 aliphatic heterocycles. The molecule has 3 aromatic rings. The molecule has 1 fully saturated rings. The summed E-state index contributed by atoms with van der Waals surface area (Å²) in [6.45, 7) is 1.72. The number of imide groups is 1.